The SMILES string of the molecule is O=S(=O)([O-])CCCCCCCCCCCF.[Li+]. The van der Waals surface area contributed by atoms with Crippen molar-refractivity contribution < 1.29 is 36.2 Å². The molecule has 0 aromatic carbocycles. The van der Waals surface area contributed by atoms with Gasteiger partial charge in [-0.3, -0.25) is 4.39 Å². The molecule has 0 radical (unpaired) electrons. The zero-order valence-electron chi connectivity index (χ0n) is 10.8. The largest absolute Gasteiger partial charge is 1.00 e. The van der Waals surface area contributed by atoms with E-state index in [2.05, 4.69) is 0 Å². The second kappa shape index (κ2) is 12.9. The van der Waals surface area contributed by atoms with Crippen molar-refractivity contribution in [1.82, 2.24) is 0 Å². The second-order valence-electron chi connectivity index (χ2n) is 4.13. The summed E-state index contributed by atoms with van der Waals surface area (Å²) >= 11 is 0. The molecular formula is C11H22FLiO3S. The van der Waals surface area contributed by atoms with Crippen molar-refractivity contribution >= 4 is 10.1 Å². The van der Waals surface area contributed by atoms with Gasteiger partial charge in [0.2, 0.25) is 0 Å². The van der Waals surface area contributed by atoms with Gasteiger partial charge >= 0.3 is 18.9 Å². The Morgan fingerprint density at radius 3 is 1.47 bits per heavy atom. The van der Waals surface area contributed by atoms with Crippen molar-refractivity contribution in [2.75, 3.05) is 12.4 Å². The van der Waals surface area contributed by atoms with Gasteiger partial charge in [-0.05, 0) is 12.8 Å². The molecule has 0 aliphatic carbocycles. The summed E-state index contributed by atoms with van der Waals surface area (Å²) in [4.78, 5) is 0. The molecule has 17 heavy (non-hydrogen) atoms. The van der Waals surface area contributed by atoms with Gasteiger partial charge in [0.15, 0.2) is 0 Å². The predicted molar refractivity (Wildman–Crippen MR) is 62.1 cm³/mol. The van der Waals surface area contributed by atoms with E-state index in [0.29, 0.717) is 12.8 Å². The van der Waals surface area contributed by atoms with E-state index in [1.54, 1.807) is 0 Å². The van der Waals surface area contributed by atoms with E-state index in [9.17, 15) is 17.4 Å². The fraction of sp³-hybridized carbons (Fsp3) is 1.00. The van der Waals surface area contributed by atoms with Crippen molar-refractivity contribution in [2.45, 2.75) is 57.8 Å². The van der Waals surface area contributed by atoms with Crippen LogP contribution < -0.4 is 18.9 Å². The molecule has 0 aliphatic heterocycles. The third kappa shape index (κ3) is 19.0. The van der Waals surface area contributed by atoms with Gasteiger partial charge in [0.05, 0.1) is 16.8 Å². The van der Waals surface area contributed by atoms with Gasteiger partial charge in [-0.25, -0.2) is 8.42 Å². The van der Waals surface area contributed by atoms with Crippen LogP contribution in [0.2, 0.25) is 0 Å². The molecule has 0 aromatic heterocycles. The normalized spacial score (nSPS) is 11.2. The van der Waals surface area contributed by atoms with Gasteiger partial charge in [-0.15, -0.1) is 0 Å². The minimum atomic E-state index is -4.02. The standard InChI is InChI=1S/C11H23FO3S.Li/c12-10-8-6-4-2-1-3-5-7-9-11-16(13,14)15;/h1-11H2,(H,13,14,15);/q;+1/p-1. The van der Waals surface area contributed by atoms with Crippen molar-refractivity contribution in [2.24, 2.45) is 0 Å². The maximum atomic E-state index is 11.7. The first-order valence-electron chi connectivity index (χ1n) is 6.06. The number of halogens is 1. The van der Waals surface area contributed by atoms with E-state index in [4.69, 9.17) is 0 Å². The quantitative estimate of drug-likeness (QED) is 0.299. The summed E-state index contributed by atoms with van der Waals surface area (Å²) in [5.41, 5.74) is 0. The summed E-state index contributed by atoms with van der Waals surface area (Å²) in [5, 5.41) is 0. The summed E-state index contributed by atoms with van der Waals surface area (Å²) in [7, 11) is -4.02. The molecule has 0 saturated heterocycles. The van der Waals surface area contributed by atoms with Crippen LogP contribution in [-0.2, 0) is 10.1 Å². The molecule has 0 bridgehead atoms. The van der Waals surface area contributed by atoms with Crippen LogP contribution in [-0.4, -0.2) is 25.4 Å². The van der Waals surface area contributed by atoms with E-state index in [0.717, 1.165) is 44.9 Å². The molecule has 98 valence electrons. The minimum absolute atomic E-state index is 0. The fourth-order valence-corrected chi connectivity index (χ4v) is 2.17. The van der Waals surface area contributed by atoms with Crippen molar-refractivity contribution in [3.05, 3.63) is 0 Å². The van der Waals surface area contributed by atoms with Crippen molar-refractivity contribution in [1.29, 1.82) is 0 Å². The molecule has 3 nitrogen and oxygen atoms in total. The van der Waals surface area contributed by atoms with Crippen LogP contribution >= 0.6 is 0 Å². The predicted octanol–water partition coefficient (Wildman–Crippen LogP) is 0.0160. The Bertz CT molecular complexity index is 245. The van der Waals surface area contributed by atoms with Crippen LogP contribution in [0.5, 0.6) is 0 Å². The monoisotopic (exact) mass is 260 g/mol. The van der Waals surface area contributed by atoms with Crippen LogP contribution in [0.25, 0.3) is 0 Å². The van der Waals surface area contributed by atoms with Gasteiger partial charge in [0, 0.05) is 5.75 Å². The number of alkyl halides is 1. The molecule has 0 fully saturated rings. The summed E-state index contributed by atoms with van der Waals surface area (Å²) in [6.45, 7) is -0.219. The maximum Gasteiger partial charge on any atom is 1.00 e. The Labute approximate surface area is 116 Å². The van der Waals surface area contributed by atoms with Crippen LogP contribution in [0, 0.1) is 0 Å². The topological polar surface area (TPSA) is 57.2 Å². The van der Waals surface area contributed by atoms with Crippen LogP contribution in [0.15, 0.2) is 0 Å². The van der Waals surface area contributed by atoms with Gasteiger partial charge in [0.1, 0.15) is 0 Å². The number of unbranched alkanes of at least 4 members (excludes halogenated alkanes) is 8. The third-order valence-corrected chi connectivity index (χ3v) is 3.32. The molecule has 0 aromatic rings. The van der Waals surface area contributed by atoms with Crippen LogP contribution in [0.3, 0.4) is 0 Å². The Balaban J connectivity index is 0. The second-order valence-corrected chi connectivity index (χ2v) is 5.66. The minimum Gasteiger partial charge on any atom is -0.748 e. The Hall–Kier alpha value is 0.437. The molecule has 0 aliphatic rings. The average Bonchev–Trinajstić information content (AvgIpc) is 2.19. The fourth-order valence-electron chi connectivity index (χ4n) is 1.61. The summed E-state index contributed by atoms with van der Waals surface area (Å²) in [6.07, 6.45) is 8.31. The molecule has 0 rings (SSSR count). The molecule has 0 amide bonds. The van der Waals surface area contributed by atoms with E-state index >= 15 is 0 Å². The molecular weight excluding hydrogens is 238 g/mol. The van der Waals surface area contributed by atoms with E-state index < -0.39 is 10.1 Å². The Morgan fingerprint density at radius 1 is 0.765 bits per heavy atom. The summed E-state index contributed by atoms with van der Waals surface area (Å²) < 4.78 is 42.6. The summed E-state index contributed by atoms with van der Waals surface area (Å²) in [6, 6.07) is 0. The van der Waals surface area contributed by atoms with Crippen molar-refractivity contribution in [3.8, 4) is 0 Å². The molecule has 0 atom stereocenters. The maximum absolute atomic E-state index is 11.7. The van der Waals surface area contributed by atoms with Crippen LogP contribution in [0.1, 0.15) is 57.8 Å². The zero-order chi connectivity index (χ0) is 12.3. The van der Waals surface area contributed by atoms with Gasteiger partial charge in [-0.1, -0.05) is 44.9 Å². The number of hydrogen-bond donors (Lipinski definition) is 0. The smallest absolute Gasteiger partial charge is 0.748 e. The summed E-state index contributed by atoms with van der Waals surface area (Å²) in [5.74, 6) is -0.233. The van der Waals surface area contributed by atoms with E-state index in [-0.39, 0.29) is 31.3 Å². The third-order valence-electron chi connectivity index (χ3n) is 2.53. The first-order chi connectivity index (χ1) is 7.56. The molecule has 6 heteroatoms. The Morgan fingerprint density at radius 2 is 1.12 bits per heavy atom. The van der Waals surface area contributed by atoms with E-state index in [1.165, 1.54) is 0 Å². The number of hydrogen-bond acceptors (Lipinski definition) is 3. The van der Waals surface area contributed by atoms with Gasteiger partial charge in [-0.2, -0.15) is 0 Å². The van der Waals surface area contributed by atoms with E-state index in [1.807, 2.05) is 0 Å². The van der Waals surface area contributed by atoms with Crippen molar-refractivity contribution in [3.63, 3.8) is 0 Å². The zero-order valence-corrected chi connectivity index (χ0v) is 11.6. The molecule has 0 N–H and O–H groups in total. The Kier molecular flexibility index (Phi) is 15.0. The first kappa shape index (κ1) is 19.8. The molecule has 0 unspecified atom stereocenters. The molecule has 0 heterocycles. The van der Waals surface area contributed by atoms with Gasteiger partial charge in [0.25, 0.3) is 0 Å². The average molecular weight is 260 g/mol. The van der Waals surface area contributed by atoms with Crippen LogP contribution in [0.4, 0.5) is 4.39 Å². The first-order valence-corrected chi connectivity index (χ1v) is 7.63. The number of rotatable bonds is 11. The van der Waals surface area contributed by atoms with Gasteiger partial charge < -0.3 is 4.55 Å². The molecule has 0 spiro atoms. The molecule has 0 saturated carbocycles.